The lowest BCUT2D eigenvalue weighted by Crippen LogP contribution is -2.33. The zero-order valence-electron chi connectivity index (χ0n) is 16.3. The predicted molar refractivity (Wildman–Crippen MR) is 116 cm³/mol. The van der Waals surface area contributed by atoms with Crippen LogP contribution in [0.25, 0.3) is 0 Å². The number of benzene rings is 3. The molecular weight excluding hydrogens is 344 g/mol. The molecule has 0 aromatic heterocycles. The van der Waals surface area contributed by atoms with Crippen molar-refractivity contribution in [3.8, 4) is 11.5 Å². The molecule has 0 unspecified atom stereocenters. The summed E-state index contributed by atoms with van der Waals surface area (Å²) in [5, 5.41) is 0. The van der Waals surface area contributed by atoms with Crippen LogP contribution in [-0.4, -0.2) is 14.7 Å². The summed E-state index contributed by atoms with van der Waals surface area (Å²) in [5.41, 5.74) is 6.06. The molecular formula is C25H26OSi. The molecule has 3 aromatic rings. The van der Waals surface area contributed by atoms with Crippen LogP contribution in [0.2, 0.25) is 19.6 Å². The van der Waals surface area contributed by atoms with Crippen molar-refractivity contribution in [2.24, 2.45) is 0 Å². The van der Waals surface area contributed by atoms with Gasteiger partial charge in [-0.05, 0) is 16.7 Å². The SMILES string of the molecule is C[Si](C)(C)C#CCOC(c1ccccc1)(c1ccccc1)c1ccccc1. The first kappa shape index (κ1) is 19.2. The molecule has 0 heterocycles. The van der Waals surface area contributed by atoms with Gasteiger partial charge in [-0.2, -0.15) is 0 Å². The zero-order valence-corrected chi connectivity index (χ0v) is 17.3. The lowest BCUT2D eigenvalue weighted by molar-refractivity contribution is 0.0353. The number of hydrogen-bond acceptors (Lipinski definition) is 1. The highest BCUT2D eigenvalue weighted by molar-refractivity contribution is 6.83. The molecule has 0 atom stereocenters. The lowest BCUT2D eigenvalue weighted by atomic mass is 9.80. The van der Waals surface area contributed by atoms with Crippen molar-refractivity contribution in [1.29, 1.82) is 0 Å². The molecule has 0 aliphatic rings. The van der Waals surface area contributed by atoms with Crippen molar-refractivity contribution in [1.82, 2.24) is 0 Å². The summed E-state index contributed by atoms with van der Waals surface area (Å²) in [6.45, 7) is 7.14. The molecule has 0 saturated heterocycles. The van der Waals surface area contributed by atoms with Crippen LogP contribution in [0.5, 0.6) is 0 Å². The minimum atomic E-state index is -1.43. The van der Waals surface area contributed by atoms with Gasteiger partial charge in [0.05, 0.1) is 0 Å². The standard InChI is InChI=1S/C25H26OSi/c1-27(2,3)21-13-20-26-25(22-14-7-4-8-15-22,23-16-9-5-10-17-23)24-18-11-6-12-19-24/h4-12,14-19H,20H2,1-3H3. The summed E-state index contributed by atoms with van der Waals surface area (Å²) in [4.78, 5) is 0. The van der Waals surface area contributed by atoms with Gasteiger partial charge in [-0.3, -0.25) is 0 Å². The Morgan fingerprint density at radius 3 is 1.37 bits per heavy atom. The topological polar surface area (TPSA) is 9.23 Å². The van der Waals surface area contributed by atoms with Crippen molar-refractivity contribution in [2.45, 2.75) is 25.2 Å². The van der Waals surface area contributed by atoms with Gasteiger partial charge >= 0.3 is 0 Å². The molecule has 136 valence electrons. The third-order valence-electron chi connectivity index (χ3n) is 4.37. The third kappa shape index (κ3) is 4.57. The van der Waals surface area contributed by atoms with Gasteiger partial charge in [0.15, 0.2) is 0 Å². The fourth-order valence-corrected chi connectivity index (χ4v) is 3.82. The largest absolute Gasteiger partial charge is 0.348 e. The lowest BCUT2D eigenvalue weighted by Gasteiger charge is -2.35. The number of hydrogen-bond donors (Lipinski definition) is 0. The maximum absolute atomic E-state index is 6.63. The third-order valence-corrected chi connectivity index (χ3v) is 5.29. The van der Waals surface area contributed by atoms with Crippen LogP contribution in [0.4, 0.5) is 0 Å². The summed E-state index contributed by atoms with van der Waals surface area (Å²) in [6, 6.07) is 31.3. The van der Waals surface area contributed by atoms with Gasteiger partial charge in [-0.25, -0.2) is 0 Å². The molecule has 2 heteroatoms. The van der Waals surface area contributed by atoms with E-state index in [0.29, 0.717) is 6.61 Å². The van der Waals surface area contributed by atoms with Crippen molar-refractivity contribution >= 4 is 8.07 Å². The first-order chi connectivity index (χ1) is 13.0. The van der Waals surface area contributed by atoms with Crippen molar-refractivity contribution in [3.05, 3.63) is 108 Å². The van der Waals surface area contributed by atoms with Crippen LogP contribution in [0.3, 0.4) is 0 Å². The highest BCUT2D eigenvalue weighted by atomic mass is 28.3. The molecule has 0 fully saturated rings. The molecule has 0 aliphatic carbocycles. The van der Waals surface area contributed by atoms with Crippen molar-refractivity contribution in [2.75, 3.05) is 6.61 Å². The summed E-state index contributed by atoms with van der Waals surface area (Å²) < 4.78 is 6.63. The Hall–Kier alpha value is -2.60. The average molecular weight is 371 g/mol. The van der Waals surface area contributed by atoms with E-state index in [9.17, 15) is 0 Å². The first-order valence-corrected chi connectivity index (χ1v) is 12.8. The van der Waals surface area contributed by atoms with Crippen LogP contribution in [-0.2, 0) is 10.3 Å². The second kappa shape index (κ2) is 8.39. The molecule has 27 heavy (non-hydrogen) atoms. The Morgan fingerprint density at radius 1 is 0.667 bits per heavy atom. The second-order valence-electron chi connectivity index (χ2n) is 7.62. The molecule has 0 radical (unpaired) electrons. The summed E-state index contributed by atoms with van der Waals surface area (Å²) >= 11 is 0. The Morgan fingerprint density at radius 2 is 1.04 bits per heavy atom. The fourth-order valence-electron chi connectivity index (χ4n) is 3.21. The van der Waals surface area contributed by atoms with Crippen molar-refractivity contribution in [3.63, 3.8) is 0 Å². The molecule has 0 amide bonds. The van der Waals surface area contributed by atoms with Gasteiger partial charge in [0.1, 0.15) is 20.3 Å². The highest BCUT2D eigenvalue weighted by Gasteiger charge is 2.37. The fraction of sp³-hybridized carbons (Fsp3) is 0.200. The van der Waals surface area contributed by atoms with Gasteiger partial charge in [0.2, 0.25) is 0 Å². The van der Waals surface area contributed by atoms with Crippen molar-refractivity contribution < 1.29 is 4.74 Å². The first-order valence-electron chi connectivity index (χ1n) is 9.33. The van der Waals surface area contributed by atoms with E-state index in [2.05, 4.69) is 104 Å². The number of rotatable bonds is 5. The van der Waals surface area contributed by atoms with E-state index >= 15 is 0 Å². The van der Waals surface area contributed by atoms with Crippen LogP contribution >= 0.6 is 0 Å². The normalized spacial score (nSPS) is 11.5. The van der Waals surface area contributed by atoms with E-state index in [1.54, 1.807) is 0 Å². The maximum atomic E-state index is 6.63. The molecule has 0 bridgehead atoms. The van der Waals surface area contributed by atoms with Gasteiger partial charge < -0.3 is 4.74 Å². The van der Waals surface area contributed by atoms with E-state index in [0.717, 1.165) is 16.7 Å². The van der Waals surface area contributed by atoms with E-state index < -0.39 is 13.7 Å². The average Bonchev–Trinajstić information content (AvgIpc) is 2.70. The molecule has 0 aliphatic heterocycles. The zero-order chi connectivity index (χ0) is 19.2. The van der Waals surface area contributed by atoms with Crippen LogP contribution < -0.4 is 0 Å². The van der Waals surface area contributed by atoms with E-state index in [4.69, 9.17) is 4.74 Å². The van der Waals surface area contributed by atoms with Gasteiger partial charge in [0, 0.05) is 0 Å². The van der Waals surface area contributed by atoms with Gasteiger partial charge in [-0.1, -0.05) is 117 Å². The molecule has 3 aromatic carbocycles. The molecule has 3 rings (SSSR count). The Bertz CT molecular complexity index is 804. The molecule has 0 spiro atoms. The Labute approximate surface area is 164 Å². The smallest absolute Gasteiger partial charge is 0.145 e. The molecule has 0 saturated carbocycles. The Balaban J connectivity index is 2.15. The highest BCUT2D eigenvalue weighted by Crippen LogP contribution is 2.40. The van der Waals surface area contributed by atoms with Crippen LogP contribution in [0.1, 0.15) is 16.7 Å². The van der Waals surface area contributed by atoms with Crippen LogP contribution in [0.15, 0.2) is 91.0 Å². The van der Waals surface area contributed by atoms with Gasteiger partial charge in [-0.15, -0.1) is 5.54 Å². The summed E-state index contributed by atoms with van der Waals surface area (Å²) in [7, 11) is -1.43. The molecule has 0 N–H and O–H groups in total. The van der Waals surface area contributed by atoms with E-state index in [-0.39, 0.29) is 0 Å². The summed E-state index contributed by atoms with van der Waals surface area (Å²) in [6.07, 6.45) is 0. The quantitative estimate of drug-likeness (QED) is 0.310. The maximum Gasteiger partial charge on any atom is 0.145 e. The monoisotopic (exact) mass is 370 g/mol. The Kier molecular flexibility index (Phi) is 5.96. The van der Waals surface area contributed by atoms with E-state index in [1.807, 2.05) is 18.2 Å². The summed E-state index contributed by atoms with van der Waals surface area (Å²) in [5.74, 6) is 3.28. The minimum Gasteiger partial charge on any atom is -0.348 e. The van der Waals surface area contributed by atoms with Gasteiger partial charge in [0.25, 0.3) is 0 Å². The van der Waals surface area contributed by atoms with Crippen LogP contribution in [0, 0.1) is 11.5 Å². The minimum absolute atomic E-state index is 0.392. The van der Waals surface area contributed by atoms with E-state index in [1.165, 1.54) is 0 Å². The molecule has 1 nitrogen and oxygen atoms in total. The predicted octanol–water partition coefficient (Wildman–Crippen LogP) is 5.88. The second-order valence-corrected chi connectivity index (χ2v) is 12.4. The number of ether oxygens (including phenoxy) is 1.